The minimum absolute atomic E-state index is 0.211. The number of pyridine rings is 1. The maximum Gasteiger partial charge on any atom is 0.195 e. The number of carbonyl (C=O) groups is 1. The van der Waals surface area contributed by atoms with Crippen molar-refractivity contribution in [3.05, 3.63) is 88.2 Å². The van der Waals surface area contributed by atoms with Gasteiger partial charge in [0.1, 0.15) is 17.5 Å². The standard InChI is InChI=1S/C29H26F2N4OS/c30-23-4-2-5-24(31)22(23)16-26(36)29-34-25-6-1-3-18-7-8-19(15-21(18)28(25)37-29)20-9-10-27(33-17-20)35-13-11-32-12-14-35/h2,4-5,7-10,15,17,32H,1,3,6,11-14,16H2. The number of nitrogens with zero attached hydrogens (tertiary/aromatic N) is 3. The molecule has 0 bridgehead atoms. The summed E-state index contributed by atoms with van der Waals surface area (Å²) in [6, 6.07) is 14.3. The minimum atomic E-state index is -0.710. The molecule has 0 spiro atoms. The highest BCUT2D eigenvalue weighted by Gasteiger charge is 2.24. The smallest absolute Gasteiger partial charge is 0.195 e. The number of fused-ring (bicyclic) bond motifs is 3. The number of carbonyl (C=O) groups excluding carboxylic acids is 1. The number of nitrogens with one attached hydrogen (secondary N) is 1. The van der Waals surface area contributed by atoms with Crippen molar-refractivity contribution in [2.45, 2.75) is 25.7 Å². The third-order valence-electron chi connectivity index (χ3n) is 7.07. The first-order valence-corrected chi connectivity index (χ1v) is 13.4. The number of rotatable bonds is 5. The quantitative estimate of drug-likeness (QED) is 0.357. The Morgan fingerprint density at radius 2 is 1.78 bits per heavy atom. The normalized spacial score (nSPS) is 15.1. The van der Waals surface area contributed by atoms with Crippen molar-refractivity contribution in [2.24, 2.45) is 0 Å². The fraction of sp³-hybridized carbons (Fsp3) is 0.276. The van der Waals surface area contributed by atoms with E-state index in [1.807, 2.05) is 6.20 Å². The molecule has 8 heteroatoms. The molecule has 1 fully saturated rings. The first-order valence-electron chi connectivity index (χ1n) is 12.6. The molecule has 1 N–H and O–H groups in total. The van der Waals surface area contributed by atoms with Gasteiger partial charge in [0.15, 0.2) is 10.8 Å². The van der Waals surface area contributed by atoms with E-state index in [4.69, 9.17) is 4.98 Å². The van der Waals surface area contributed by atoms with Crippen LogP contribution in [-0.4, -0.2) is 41.9 Å². The summed E-state index contributed by atoms with van der Waals surface area (Å²) in [5.41, 5.74) is 5.05. The Hall–Kier alpha value is -3.49. The van der Waals surface area contributed by atoms with Crippen LogP contribution in [0.25, 0.3) is 21.6 Å². The lowest BCUT2D eigenvalue weighted by Gasteiger charge is -2.28. The summed E-state index contributed by atoms with van der Waals surface area (Å²) in [6.45, 7) is 3.82. The predicted octanol–water partition coefficient (Wildman–Crippen LogP) is 5.47. The van der Waals surface area contributed by atoms with E-state index in [1.54, 1.807) is 0 Å². The van der Waals surface area contributed by atoms with Gasteiger partial charge in [0.05, 0.1) is 10.6 Å². The highest BCUT2D eigenvalue weighted by molar-refractivity contribution is 7.17. The van der Waals surface area contributed by atoms with Crippen molar-refractivity contribution >= 4 is 22.9 Å². The van der Waals surface area contributed by atoms with Gasteiger partial charge < -0.3 is 10.2 Å². The van der Waals surface area contributed by atoms with E-state index in [2.05, 4.69) is 45.5 Å². The van der Waals surface area contributed by atoms with Gasteiger partial charge >= 0.3 is 0 Å². The molecule has 0 unspecified atom stereocenters. The van der Waals surface area contributed by atoms with E-state index in [1.165, 1.54) is 35.1 Å². The topological polar surface area (TPSA) is 58.1 Å². The maximum atomic E-state index is 14.1. The van der Waals surface area contributed by atoms with Gasteiger partial charge in [-0.1, -0.05) is 18.2 Å². The number of anilines is 1. The summed E-state index contributed by atoms with van der Waals surface area (Å²) in [4.78, 5) is 25.6. The molecule has 1 saturated heterocycles. The molecule has 1 aliphatic heterocycles. The molecule has 0 amide bonds. The fourth-order valence-electron chi connectivity index (χ4n) is 5.06. The first kappa shape index (κ1) is 23.9. The van der Waals surface area contributed by atoms with Crippen LogP contribution in [0.5, 0.6) is 0 Å². The zero-order valence-corrected chi connectivity index (χ0v) is 21.1. The van der Waals surface area contributed by atoms with Gasteiger partial charge in [0.2, 0.25) is 0 Å². The Balaban J connectivity index is 1.30. The Kier molecular flexibility index (Phi) is 6.52. The van der Waals surface area contributed by atoms with Crippen molar-refractivity contribution in [1.29, 1.82) is 0 Å². The molecular weight excluding hydrogens is 490 g/mol. The van der Waals surface area contributed by atoms with Crippen molar-refractivity contribution < 1.29 is 13.6 Å². The number of hydrogen-bond acceptors (Lipinski definition) is 6. The van der Waals surface area contributed by atoms with Crippen LogP contribution in [0.1, 0.15) is 33.0 Å². The average molecular weight is 517 g/mol. The van der Waals surface area contributed by atoms with E-state index in [0.717, 1.165) is 78.5 Å². The van der Waals surface area contributed by atoms with E-state index in [9.17, 15) is 13.6 Å². The lowest BCUT2D eigenvalue weighted by molar-refractivity contribution is 0.0990. The molecule has 0 radical (unpaired) electrons. The molecule has 2 aliphatic rings. The highest BCUT2D eigenvalue weighted by atomic mass is 32.1. The van der Waals surface area contributed by atoms with Gasteiger partial charge in [-0.25, -0.2) is 18.7 Å². The molecule has 4 aromatic rings. The molecule has 6 rings (SSSR count). The second-order valence-electron chi connectivity index (χ2n) is 9.46. The van der Waals surface area contributed by atoms with Crippen LogP contribution in [-0.2, 0) is 19.3 Å². The number of aryl methyl sites for hydroxylation is 2. The summed E-state index contributed by atoms with van der Waals surface area (Å²) >= 11 is 1.32. The van der Waals surface area contributed by atoms with Gasteiger partial charge in [0, 0.05) is 49.9 Å². The largest absolute Gasteiger partial charge is 0.354 e. The van der Waals surface area contributed by atoms with Crippen molar-refractivity contribution in [1.82, 2.24) is 15.3 Å². The Morgan fingerprint density at radius 1 is 1.00 bits per heavy atom. The number of Topliss-reactive ketones (excluding diaryl/α,β-unsaturated/α-hetero) is 1. The monoisotopic (exact) mass is 516 g/mol. The number of hydrogen-bond donors (Lipinski definition) is 1. The zero-order chi connectivity index (χ0) is 25.4. The fourth-order valence-corrected chi connectivity index (χ4v) is 6.16. The minimum Gasteiger partial charge on any atom is -0.354 e. The lowest BCUT2D eigenvalue weighted by Crippen LogP contribution is -2.43. The molecule has 5 nitrogen and oxygen atoms in total. The van der Waals surface area contributed by atoms with Crippen molar-refractivity contribution in [3.8, 4) is 21.6 Å². The molecule has 0 saturated carbocycles. The Labute approximate surface area is 218 Å². The third-order valence-corrected chi connectivity index (χ3v) is 8.24. The van der Waals surface area contributed by atoms with Crippen molar-refractivity contribution in [3.63, 3.8) is 0 Å². The summed E-state index contributed by atoms with van der Waals surface area (Å²) < 4.78 is 28.2. The Bertz CT molecular complexity index is 1440. The van der Waals surface area contributed by atoms with Crippen LogP contribution >= 0.6 is 11.3 Å². The number of benzene rings is 2. The van der Waals surface area contributed by atoms with E-state index in [0.29, 0.717) is 5.01 Å². The SMILES string of the molecule is O=C(Cc1c(F)cccc1F)c1nc2c(s1)-c1cc(-c3ccc(N4CCNCC4)nc3)ccc1CCC2. The van der Waals surface area contributed by atoms with Crippen LogP contribution in [0.4, 0.5) is 14.6 Å². The molecule has 3 heterocycles. The second-order valence-corrected chi connectivity index (χ2v) is 10.5. The summed E-state index contributed by atoms with van der Waals surface area (Å²) in [5, 5.41) is 3.66. The number of halogens is 2. The van der Waals surface area contributed by atoms with Gasteiger partial charge in [-0.3, -0.25) is 4.79 Å². The lowest BCUT2D eigenvalue weighted by atomic mass is 9.98. The molecule has 0 atom stereocenters. The predicted molar refractivity (Wildman–Crippen MR) is 142 cm³/mol. The molecular formula is C29H26F2N4OS. The van der Waals surface area contributed by atoms with Crippen LogP contribution in [0.15, 0.2) is 54.7 Å². The van der Waals surface area contributed by atoms with Crippen LogP contribution in [0.2, 0.25) is 0 Å². The van der Waals surface area contributed by atoms with Crippen LogP contribution in [0, 0.1) is 11.6 Å². The van der Waals surface area contributed by atoms with E-state index >= 15 is 0 Å². The third kappa shape index (κ3) is 4.79. The molecule has 1 aliphatic carbocycles. The van der Waals surface area contributed by atoms with Crippen LogP contribution in [0.3, 0.4) is 0 Å². The number of thiazole rings is 1. The van der Waals surface area contributed by atoms with Gasteiger partial charge in [0.25, 0.3) is 0 Å². The molecule has 2 aromatic carbocycles. The average Bonchev–Trinajstić information content (AvgIpc) is 3.28. The molecule has 188 valence electrons. The van der Waals surface area contributed by atoms with Gasteiger partial charge in [-0.2, -0.15) is 0 Å². The van der Waals surface area contributed by atoms with E-state index < -0.39 is 11.6 Å². The van der Waals surface area contributed by atoms with Crippen molar-refractivity contribution in [2.75, 3.05) is 31.1 Å². The number of aromatic nitrogens is 2. The summed E-state index contributed by atoms with van der Waals surface area (Å²) in [6.07, 6.45) is 4.20. The zero-order valence-electron chi connectivity index (χ0n) is 20.3. The second kappa shape index (κ2) is 10.1. The van der Waals surface area contributed by atoms with Crippen LogP contribution < -0.4 is 10.2 Å². The summed E-state index contributed by atoms with van der Waals surface area (Å²) in [5.74, 6) is -0.803. The van der Waals surface area contributed by atoms with Gasteiger partial charge in [-0.15, -0.1) is 11.3 Å². The molecule has 37 heavy (non-hydrogen) atoms. The molecule has 2 aromatic heterocycles. The highest BCUT2D eigenvalue weighted by Crippen LogP contribution is 2.39. The van der Waals surface area contributed by atoms with E-state index in [-0.39, 0.29) is 17.8 Å². The summed E-state index contributed by atoms with van der Waals surface area (Å²) in [7, 11) is 0. The number of ketones is 1. The Morgan fingerprint density at radius 3 is 2.54 bits per heavy atom. The first-order chi connectivity index (χ1) is 18.1. The number of piperazine rings is 1. The van der Waals surface area contributed by atoms with Gasteiger partial charge in [-0.05, 0) is 66.3 Å². The maximum absolute atomic E-state index is 14.1.